The van der Waals surface area contributed by atoms with Crippen molar-refractivity contribution in [2.45, 2.75) is 130 Å². The summed E-state index contributed by atoms with van der Waals surface area (Å²) in [5.74, 6) is -1.23. The summed E-state index contributed by atoms with van der Waals surface area (Å²) in [5, 5.41) is 3.86. The van der Waals surface area contributed by atoms with Crippen LogP contribution in [0.15, 0.2) is 42.6 Å². The van der Waals surface area contributed by atoms with Crippen LogP contribution >= 0.6 is 0 Å². The van der Waals surface area contributed by atoms with Crippen LogP contribution in [0.1, 0.15) is 123 Å². The van der Waals surface area contributed by atoms with Gasteiger partial charge < -0.3 is 38.8 Å². The van der Waals surface area contributed by atoms with Crippen LogP contribution in [0.4, 0.5) is 4.79 Å². The summed E-state index contributed by atoms with van der Waals surface area (Å²) in [6.07, 6.45) is 22.5. The van der Waals surface area contributed by atoms with Crippen molar-refractivity contribution in [3.05, 3.63) is 42.6 Å². The van der Waals surface area contributed by atoms with Gasteiger partial charge in [-0.2, -0.15) is 4.57 Å². The van der Waals surface area contributed by atoms with E-state index in [0.717, 1.165) is 28.0 Å². The summed E-state index contributed by atoms with van der Waals surface area (Å²) in [4.78, 5) is 24.8. The zero-order valence-electron chi connectivity index (χ0n) is 30.5. The van der Waals surface area contributed by atoms with Crippen molar-refractivity contribution in [1.29, 1.82) is 0 Å². The van der Waals surface area contributed by atoms with Crippen molar-refractivity contribution in [3.8, 4) is 0 Å². The molecule has 49 heavy (non-hydrogen) atoms. The van der Waals surface area contributed by atoms with Gasteiger partial charge in [-0.25, -0.2) is 17.5 Å². The van der Waals surface area contributed by atoms with Crippen molar-refractivity contribution < 1.29 is 56.0 Å². The van der Waals surface area contributed by atoms with Crippen LogP contribution < -0.4 is 33.9 Å². The number of halogens is 1. The molecule has 0 aliphatic carbocycles. The Hall–Kier alpha value is -1.99. The van der Waals surface area contributed by atoms with Gasteiger partial charge >= 0.3 is 6.09 Å². The molecule has 1 unspecified atom stereocenters. The van der Waals surface area contributed by atoms with Crippen molar-refractivity contribution in [1.82, 2.24) is 9.62 Å². The second-order valence-electron chi connectivity index (χ2n) is 13.1. The number of hydrogen-bond acceptors (Lipinski definition) is 6. The average Bonchev–Trinajstić information content (AvgIpc) is 3.07. The van der Waals surface area contributed by atoms with Crippen molar-refractivity contribution in [3.63, 3.8) is 0 Å². The molecule has 2 aromatic rings. The number of sulfonamides is 1. The minimum absolute atomic E-state index is 0. The third kappa shape index (κ3) is 19.8. The number of carbonyl (C=O) groups is 2. The number of hydrogen-bond donors (Lipinski definition) is 1. The summed E-state index contributed by atoms with van der Waals surface area (Å²) in [5.41, 5.74) is 1.02. The minimum Gasteiger partial charge on any atom is -1.00 e. The van der Waals surface area contributed by atoms with Crippen LogP contribution in [0.25, 0.3) is 10.9 Å². The number of carbonyl (C=O) groups excluding carboxylic acids is 2. The lowest BCUT2D eigenvalue weighted by molar-refractivity contribution is -0.671. The monoisotopic (exact) mass is 817 g/mol. The first-order valence-corrected chi connectivity index (χ1v) is 20.2. The fraction of sp³-hybridized carbons (Fsp3) is 0.711. The number of pyridine rings is 1. The number of nitrogens with one attached hydrogen (secondary N) is 1. The van der Waals surface area contributed by atoms with Gasteiger partial charge in [0.25, 0.3) is 0 Å². The van der Waals surface area contributed by atoms with E-state index < -0.39 is 27.9 Å². The number of ether oxygens (including phenoxy) is 2. The summed E-state index contributed by atoms with van der Waals surface area (Å²) in [6, 6.07) is 11.9. The maximum Gasteiger partial charge on any atom is 0.407 e. The Morgan fingerprint density at radius 3 is 1.92 bits per heavy atom. The van der Waals surface area contributed by atoms with Gasteiger partial charge in [0.15, 0.2) is 6.20 Å². The molecule has 1 atom stereocenters. The topological polar surface area (TPSA) is 106 Å². The van der Waals surface area contributed by atoms with Gasteiger partial charge in [0.1, 0.15) is 6.54 Å². The predicted octanol–water partition coefficient (Wildman–Crippen LogP) is 4.95. The highest BCUT2D eigenvalue weighted by atomic mass is 127. The number of nitrogens with zero attached hydrogens (tertiary/aromatic N) is 2. The van der Waals surface area contributed by atoms with Gasteiger partial charge in [-0.1, -0.05) is 115 Å². The van der Waals surface area contributed by atoms with E-state index in [0.29, 0.717) is 19.5 Å². The third-order valence-electron chi connectivity index (χ3n) is 8.85. The second kappa shape index (κ2) is 27.7. The molecule has 0 fully saturated rings. The second-order valence-corrected chi connectivity index (χ2v) is 15.1. The largest absolute Gasteiger partial charge is 1.00 e. The van der Waals surface area contributed by atoms with Gasteiger partial charge in [0.05, 0.1) is 19.0 Å². The van der Waals surface area contributed by atoms with Gasteiger partial charge in [-0.3, -0.25) is 4.79 Å². The summed E-state index contributed by atoms with van der Waals surface area (Å²) in [6.45, 7) is 4.53. The fourth-order valence-electron chi connectivity index (χ4n) is 6.11. The van der Waals surface area contributed by atoms with E-state index in [1.54, 1.807) is 0 Å². The molecule has 2 amide bonds. The molecule has 0 aliphatic rings. The standard InChI is InChI=1S/C38H63N3O6S.HI/c1-4-5-6-7-8-9-10-11-12-13-14-15-16-17-18-21-27-39-38(43)47-33-35(32-46-3)31-41(34(2)42)48(44,45)30-23-29-40-28-22-25-36-24-19-20-26-37(36)40;/h19-20,22,24-26,28,35H,4-18,21,23,27,29-33H2,1-3H3;1H. The summed E-state index contributed by atoms with van der Waals surface area (Å²) in [7, 11) is -2.38. The number of methoxy groups -OCH3 is 1. The molecule has 1 heterocycles. The number of amides is 2. The van der Waals surface area contributed by atoms with Gasteiger partial charge in [0.2, 0.25) is 21.4 Å². The minimum atomic E-state index is -3.88. The van der Waals surface area contributed by atoms with Crippen LogP contribution in [-0.4, -0.2) is 63.9 Å². The predicted molar refractivity (Wildman–Crippen MR) is 194 cm³/mol. The number of unbranched alkanes of at least 4 members (excludes halogenated alkanes) is 15. The number of alkyl carbamates (subject to hydrolysis) is 1. The van der Waals surface area contributed by atoms with Crippen molar-refractivity contribution in [2.75, 3.05) is 39.2 Å². The molecule has 11 heteroatoms. The normalized spacial score (nSPS) is 12.0. The highest BCUT2D eigenvalue weighted by Gasteiger charge is 2.29. The summed E-state index contributed by atoms with van der Waals surface area (Å²) < 4.78 is 40.0. The zero-order chi connectivity index (χ0) is 34.9. The Kier molecular flexibility index (Phi) is 25.5. The Labute approximate surface area is 314 Å². The molecule has 9 nitrogen and oxygen atoms in total. The van der Waals surface area contributed by atoms with E-state index >= 15 is 0 Å². The van der Waals surface area contributed by atoms with E-state index in [9.17, 15) is 18.0 Å². The maximum absolute atomic E-state index is 13.2. The third-order valence-corrected chi connectivity index (χ3v) is 10.7. The number of para-hydroxylation sites is 1. The van der Waals surface area contributed by atoms with E-state index in [4.69, 9.17) is 9.47 Å². The Bertz CT molecular complexity index is 1270. The lowest BCUT2D eigenvalue weighted by Gasteiger charge is -2.25. The summed E-state index contributed by atoms with van der Waals surface area (Å²) >= 11 is 0. The lowest BCUT2D eigenvalue weighted by Crippen LogP contribution is -3.00. The average molecular weight is 818 g/mol. The first-order valence-electron chi connectivity index (χ1n) is 18.6. The molecule has 0 saturated heterocycles. The van der Waals surface area contributed by atoms with Crippen molar-refractivity contribution >= 4 is 32.9 Å². The molecule has 0 aliphatic heterocycles. The van der Waals surface area contributed by atoms with Crippen LogP contribution in [0.5, 0.6) is 0 Å². The molecule has 1 N–H and O–H groups in total. The smallest absolute Gasteiger partial charge is 0.407 e. The number of benzene rings is 1. The molecule has 0 bridgehead atoms. The molecule has 280 valence electrons. The molecule has 1 aromatic heterocycles. The van der Waals surface area contributed by atoms with Crippen LogP contribution in [-0.2, 0) is 30.8 Å². The van der Waals surface area contributed by atoms with Gasteiger partial charge in [-0.05, 0) is 18.6 Å². The lowest BCUT2D eigenvalue weighted by atomic mass is 10.0. The number of aryl methyl sites for hydroxylation is 1. The molecule has 1 aromatic carbocycles. The molecule has 2 rings (SSSR count). The molecular formula is C38H64IN3O6S. The maximum atomic E-state index is 13.2. The Morgan fingerprint density at radius 1 is 0.796 bits per heavy atom. The first kappa shape index (κ1) is 45.0. The molecule has 0 radical (unpaired) electrons. The van der Waals surface area contributed by atoms with Crippen LogP contribution in [0.2, 0.25) is 0 Å². The molecular weight excluding hydrogens is 753 g/mol. The van der Waals surface area contributed by atoms with E-state index in [1.165, 1.54) is 104 Å². The SMILES string of the molecule is CCCCCCCCCCCCCCCCCCNC(=O)OCC(COC)CN(C(C)=O)S(=O)(=O)CCC[n+]1cccc2ccccc21.[I-]. The number of rotatable bonds is 28. The van der Waals surface area contributed by atoms with E-state index in [1.807, 2.05) is 47.2 Å². The number of fused-ring (bicyclic) bond motifs is 1. The highest BCUT2D eigenvalue weighted by molar-refractivity contribution is 7.89. The highest BCUT2D eigenvalue weighted by Crippen LogP contribution is 2.15. The van der Waals surface area contributed by atoms with Gasteiger partial charge in [-0.15, -0.1) is 0 Å². The fourth-order valence-corrected chi connectivity index (χ4v) is 7.66. The first-order chi connectivity index (χ1) is 23.3. The van der Waals surface area contributed by atoms with Crippen molar-refractivity contribution in [2.24, 2.45) is 5.92 Å². The van der Waals surface area contributed by atoms with E-state index in [2.05, 4.69) is 12.2 Å². The Morgan fingerprint density at radius 2 is 1.35 bits per heavy atom. The zero-order valence-corrected chi connectivity index (χ0v) is 33.5. The van der Waals surface area contributed by atoms with E-state index in [-0.39, 0.29) is 49.5 Å². The van der Waals surface area contributed by atoms with Crippen LogP contribution in [0.3, 0.4) is 0 Å². The Balaban J connectivity index is 0.0000120. The quantitative estimate of drug-likeness (QED) is 0.0741. The number of aromatic nitrogens is 1. The molecule has 0 spiro atoms. The van der Waals surface area contributed by atoms with Gasteiger partial charge in [0, 0.05) is 57.0 Å². The molecule has 0 saturated carbocycles. The van der Waals surface area contributed by atoms with Crippen LogP contribution in [0, 0.1) is 5.92 Å².